The summed E-state index contributed by atoms with van der Waals surface area (Å²) in [6, 6.07) is 7.90. The molecule has 1 rings (SSSR count). The molecule has 0 aromatic heterocycles. The molecule has 0 radical (unpaired) electrons. The van der Waals surface area contributed by atoms with E-state index in [2.05, 4.69) is 22.5 Å². The normalized spacial score (nSPS) is 9.67. The molecule has 80 valence electrons. The lowest BCUT2D eigenvalue weighted by molar-refractivity contribution is -0.142. The first-order valence-electron chi connectivity index (χ1n) is 4.73. The Morgan fingerprint density at radius 1 is 1.53 bits per heavy atom. The van der Waals surface area contributed by atoms with Crippen LogP contribution in [0.2, 0.25) is 0 Å². The van der Waals surface area contributed by atoms with Crippen molar-refractivity contribution in [2.45, 2.75) is 12.8 Å². The fourth-order valence-electron chi connectivity index (χ4n) is 1.16. The lowest BCUT2D eigenvalue weighted by atomic mass is 10.1. The van der Waals surface area contributed by atoms with Gasteiger partial charge in [0.05, 0.1) is 0 Å². The molecule has 0 amide bonds. The number of carbonyl (C=O) groups excluding carboxylic acids is 1. The number of carbonyl (C=O) groups is 1. The van der Waals surface area contributed by atoms with E-state index in [1.165, 1.54) is 0 Å². The predicted octanol–water partition coefficient (Wildman–Crippen LogP) is 3.11. The molecule has 0 aliphatic heterocycles. The average Bonchev–Trinajstić information content (AvgIpc) is 2.23. The van der Waals surface area contributed by atoms with Crippen LogP contribution in [0, 0.1) is 0 Å². The molecule has 0 aliphatic rings. The molecule has 2 nitrogen and oxygen atoms in total. The summed E-state index contributed by atoms with van der Waals surface area (Å²) in [6.45, 7) is 3.77. The summed E-state index contributed by atoms with van der Waals surface area (Å²) >= 11 is 3.38. The average molecular weight is 269 g/mol. The van der Waals surface area contributed by atoms with Crippen LogP contribution in [0.4, 0.5) is 0 Å². The van der Waals surface area contributed by atoms with Gasteiger partial charge in [-0.05, 0) is 24.1 Å². The lowest BCUT2D eigenvalue weighted by Crippen LogP contribution is -2.05. The molecule has 0 fully saturated rings. The zero-order valence-corrected chi connectivity index (χ0v) is 10.00. The molecule has 1 aromatic carbocycles. The van der Waals surface area contributed by atoms with Gasteiger partial charge in [-0.1, -0.05) is 40.7 Å². The van der Waals surface area contributed by atoms with Crippen LogP contribution in [0.25, 0.3) is 0 Å². The maximum atomic E-state index is 11.2. The van der Waals surface area contributed by atoms with Crippen molar-refractivity contribution in [3.63, 3.8) is 0 Å². The van der Waals surface area contributed by atoms with Gasteiger partial charge in [-0.3, -0.25) is 4.79 Å². The van der Waals surface area contributed by atoms with E-state index in [9.17, 15) is 4.79 Å². The van der Waals surface area contributed by atoms with Gasteiger partial charge >= 0.3 is 5.97 Å². The molecule has 15 heavy (non-hydrogen) atoms. The van der Waals surface area contributed by atoms with Crippen LogP contribution in [0.5, 0.6) is 0 Å². The summed E-state index contributed by atoms with van der Waals surface area (Å²) in [4.78, 5) is 11.2. The summed E-state index contributed by atoms with van der Waals surface area (Å²) in [7, 11) is 0. The van der Waals surface area contributed by atoms with E-state index in [4.69, 9.17) is 4.74 Å². The van der Waals surface area contributed by atoms with Crippen LogP contribution < -0.4 is 0 Å². The first kappa shape index (κ1) is 12.0. The summed E-state index contributed by atoms with van der Waals surface area (Å²) in [5.41, 5.74) is 1.12. The predicted molar refractivity (Wildman–Crippen MR) is 63.6 cm³/mol. The Hall–Kier alpha value is -1.09. The summed E-state index contributed by atoms with van der Waals surface area (Å²) in [5, 5.41) is 0. The Morgan fingerprint density at radius 2 is 2.33 bits per heavy atom. The molecule has 3 heteroatoms. The summed E-state index contributed by atoms with van der Waals surface area (Å²) in [5.74, 6) is -0.185. The molecule has 1 aromatic rings. The number of rotatable bonds is 5. The van der Waals surface area contributed by atoms with E-state index >= 15 is 0 Å². The molecule has 0 N–H and O–H groups in total. The Kier molecular flexibility index (Phi) is 5.12. The van der Waals surface area contributed by atoms with Crippen molar-refractivity contribution in [1.82, 2.24) is 0 Å². The van der Waals surface area contributed by atoms with Gasteiger partial charge in [-0.25, -0.2) is 0 Å². The second-order valence-electron chi connectivity index (χ2n) is 3.10. The molecule has 0 heterocycles. The summed E-state index contributed by atoms with van der Waals surface area (Å²) < 4.78 is 5.90. The van der Waals surface area contributed by atoms with Crippen molar-refractivity contribution in [3.8, 4) is 0 Å². The van der Waals surface area contributed by atoms with Gasteiger partial charge in [0.1, 0.15) is 6.61 Å². The van der Waals surface area contributed by atoms with E-state index < -0.39 is 0 Å². The van der Waals surface area contributed by atoms with Gasteiger partial charge < -0.3 is 4.74 Å². The first-order chi connectivity index (χ1) is 7.22. The van der Waals surface area contributed by atoms with E-state index in [0.717, 1.165) is 10.0 Å². The van der Waals surface area contributed by atoms with E-state index in [0.29, 0.717) is 12.8 Å². The van der Waals surface area contributed by atoms with E-state index in [1.807, 2.05) is 24.3 Å². The molecular weight excluding hydrogens is 256 g/mol. The second-order valence-corrected chi connectivity index (χ2v) is 4.02. The van der Waals surface area contributed by atoms with Gasteiger partial charge in [-0.2, -0.15) is 0 Å². The minimum Gasteiger partial charge on any atom is -0.461 e. The summed E-state index contributed by atoms with van der Waals surface area (Å²) in [6.07, 6.45) is 2.68. The molecular formula is C12H13BrO2. The Labute approximate surface area is 98.1 Å². The highest BCUT2D eigenvalue weighted by molar-refractivity contribution is 9.10. The van der Waals surface area contributed by atoms with Crippen molar-refractivity contribution >= 4 is 21.9 Å². The van der Waals surface area contributed by atoms with Gasteiger partial charge in [0, 0.05) is 10.9 Å². The molecule has 0 spiro atoms. The van der Waals surface area contributed by atoms with Gasteiger partial charge in [0.25, 0.3) is 0 Å². The molecule has 0 aliphatic carbocycles. The topological polar surface area (TPSA) is 26.3 Å². The molecule has 0 unspecified atom stereocenters. The van der Waals surface area contributed by atoms with Crippen LogP contribution in [0.15, 0.2) is 41.4 Å². The van der Waals surface area contributed by atoms with Gasteiger partial charge in [0.2, 0.25) is 0 Å². The van der Waals surface area contributed by atoms with Crippen molar-refractivity contribution < 1.29 is 9.53 Å². The highest BCUT2D eigenvalue weighted by Crippen LogP contribution is 2.13. The fraction of sp³-hybridized carbons (Fsp3) is 0.250. The third-order valence-electron chi connectivity index (χ3n) is 1.87. The lowest BCUT2D eigenvalue weighted by Gasteiger charge is -2.02. The van der Waals surface area contributed by atoms with Crippen molar-refractivity contribution in [2.75, 3.05) is 6.61 Å². The van der Waals surface area contributed by atoms with E-state index in [1.54, 1.807) is 6.08 Å². The number of ether oxygens (including phenoxy) is 1. The van der Waals surface area contributed by atoms with Crippen molar-refractivity contribution in [2.24, 2.45) is 0 Å². The van der Waals surface area contributed by atoms with Crippen LogP contribution in [0.3, 0.4) is 0 Å². The number of benzene rings is 1. The van der Waals surface area contributed by atoms with Crippen LogP contribution >= 0.6 is 15.9 Å². The number of esters is 1. The van der Waals surface area contributed by atoms with Crippen LogP contribution in [0.1, 0.15) is 12.0 Å². The highest BCUT2D eigenvalue weighted by atomic mass is 79.9. The molecule has 0 bridgehead atoms. The third-order valence-corrected chi connectivity index (χ3v) is 2.36. The number of aryl methyl sites for hydroxylation is 1. The minimum absolute atomic E-state index is 0.185. The Balaban J connectivity index is 2.36. The van der Waals surface area contributed by atoms with Crippen LogP contribution in [-0.4, -0.2) is 12.6 Å². The second kappa shape index (κ2) is 6.40. The zero-order chi connectivity index (χ0) is 11.1. The third kappa shape index (κ3) is 4.79. The van der Waals surface area contributed by atoms with Crippen molar-refractivity contribution in [3.05, 3.63) is 47.0 Å². The highest BCUT2D eigenvalue weighted by Gasteiger charge is 2.02. The quantitative estimate of drug-likeness (QED) is 0.606. The Morgan fingerprint density at radius 3 is 3.00 bits per heavy atom. The Bertz CT molecular complexity index is 347. The SMILES string of the molecule is C=CCOC(=O)CCc1cccc(Br)c1. The number of halogens is 1. The smallest absolute Gasteiger partial charge is 0.306 e. The van der Waals surface area contributed by atoms with Gasteiger partial charge in [0.15, 0.2) is 0 Å². The monoisotopic (exact) mass is 268 g/mol. The first-order valence-corrected chi connectivity index (χ1v) is 5.52. The van der Waals surface area contributed by atoms with E-state index in [-0.39, 0.29) is 12.6 Å². The zero-order valence-electron chi connectivity index (χ0n) is 8.41. The molecule has 0 saturated carbocycles. The standard InChI is InChI=1S/C12H13BrO2/c1-2-8-15-12(14)7-6-10-4-3-5-11(13)9-10/h2-5,9H,1,6-8H2. The fourth-order valence-corrected chi connectivity index (χ4v) is 1.61. The number of hydrogen-bond acceptors (Lipinski definition) is 2. The number of hydrogen-bond donors (Lipinski definition) is 0. The largest absolute Gasteiger partial charge is 0.461 e. The minimum atomic E-state index is -0.185. The molecule has 0 atom stereocenters. The van der Waals surface area contributed by atoms with Crippen LogP contribution in [-0.2, 0) is 16.0 Å². The van der Waals surface area contributed by atoms with Crippen molar-refractivity contribution in [1.29, 1.82) is 0 Å². The molecule has 0 saturated heterocycles. The maximum absolute atomic E-state index is 11.2. The maximum Gasteiger partial charge on any atom is 0.306 e. The van der Waals surface area contributed by atoms with Gasteiger partial charge in [-0.15, -0.1) is 0 Å².